The molecular formula is C19H16N2O5S. The number of hydrogen-bond donors (Lipinski definition) is 2. The molecule has 0 saturated carbocycles. The van der Waals surface area contributed by atoms with Crippen LogP contribution in [0.4, 0.5) is 5.69 Å². The van der Waals surface area contributed by atoms with E-state index in [1.165, 1.54) is 42.0 Å². The molecule has 2 aromatic carbocycles. The van der Waals surface area contributed by atoms with Crippen LogP contribution < -0.4 is 4.74 Å². The number of carboxylic acids is 1. The molecule has 1 aliphatic heterocycles. The van der Waals surface area contributed by atoms with Gasteiger partial charge in [-0.1, -0.05) is 12.1 Å². The first-order valence-corrected chi connectivity index (χ1v) is 8.67. The second-order valence-electron chi connectivity index (χ2n) is 5.66. The Balaban J connectivity index is 1.89. The number of rotatable bonds is 4. The molecule has 0 spiro atoms. The summed E-state index contributed by atoms with van der Waals surface area (Å²) < 4.78 is 5.01. The molecule has 1 fully saturated rings. The van der Waals surface area contributed by atoms with Gasteiger partial charge in [-0.3, -0.25) is 9.69 Å². The minimum absolute atomic E-state index is 0.0185. The number of aliphatic imine (C=N–C) groups is 1. The molecule has 0 bridgehead atoms. The normalized spacial score (nSPS) is 17.0. The van der Waals surface area contributed by atoms with Crippen LogP contribution in [0.3, 0.4) is 0 Å². The highest BCUT2D eigenvalue weighted by molar-refractivity contribution is 8.18. The number of amidine groups is 1. The van der Waals surface area contributed by atoms with E-state index in [1.807, 2.05) is 0 Å². The van der Waals surface area contributed by atoms with Crippen LogP contribution in [0.1, 0.15) is 15.9 Å². The van der Waals surface area contributed by atoms with E-state index in [2.05, 4.69) is 4.99 Å². The molecule has 2 aromatic rings. The van der Waals surface area contributed by atoms with Crippen LogP contribution in [0.25, 0.3) is 6.08 Å². The molecule has 27 heavy (non-hydrogen) atoms. The average Bonchev–Trinajstić information content (AvgIpc) is 2.90. The summed E-state index contributed by atoms with van der Waals surface area (Å²) in [5, 5.41) is 19.4. The molecule has 0 atom stereocenters. The number of hydrogen-bond acceptors (Lipinski definition) is 6. The fourth-order valence-electron chi connectivity index (χ4n) is 2.42. The largest absolute Gasteiger partial charge is 0.504 e. The summed E-state index contributed by atoms with van der Waals surface area (Å²) in [6, 6.07) is 11.0. The Morgan fingerprint density at radius 3 is 2.70 bits per heavy atom. The van der Waals surface area contributed by atoms with Crippen LogP contribution in [0.5, 0.6) is 11.5 Å². The van der Waals surface area contributed by atoms with Gasteiger partial charge in [-0.15, -0.1) is 0 Å². The van der Waals surface area contributed by atoms with Crippen molar-refractivity contribution in [1.29, 1.82) is 0 Å². The Morgan fingerprint density at radius 2 is 2.04 bits per heavy atom. The van der Waals surface area contributed by atoms with E-state index in [4.69, 9.17) is 9.84 Å². The van der Waals surface area contributed by atoms with E-state index >= 15 is 0 Å². The minimum atomic E-state index is -1.04. The van der Waals surface area contributed by atoms with Crippen molar-refractivity contribution in [3.8, 4) is 11.5 Å². The molecule has 1 heterocycles. The molecule has 0 unspecified atom stereocenters. The molecule has 0 radical (unpaired) electrons. The van der Waals surface area contributed by atoms with Crippen LogP contribution in [-0.2, 0) is 4.79 Å². The topological polar surface area (TPSA) is 99.4 Å². The van der Waals surface area contributed by atoms with Crippen LogP contribution in [0, 0.1) is 0 Å². The van der Waals surface area contributed by atoms with Gasteiger partial charge < -0.3 is 14.9 Å². The number of carboxylic acid groups (broad SMARTS) is 1. The average molecular weight is 384 g/mol. The number of ether oxygens (including phenoxy) is 1. The molecule has 8 heteroatoms. The van der Waals surface area contributed by atoms with Gasteiger partial charge in [-0.2, -0.15) is 0 Å². The standard InChI is InChI=1S/C19H16N2O5S/c1-21-17(23)16(9-11-6-7-15(26-2)14(22)8-11)27-19(21)20-13-5-3-4-12(10-13)18(24)25/h3-10,22H,1-2H3,(H,24,25). The third kappa shape index (κ3) is 3.95. The monoisotopic (exact) mass is 384 g/mol. The second kappa shape index (κ2) is 7.55. The van der Waals surface area contributed by atoms with E-state index in [0.717, 1.165) is 0 Å². The predicted molar refractivity (Wildman–Crippen MR) is 103 cm³/mol. The van der Waals surface area contributed by atoms with Crippen molar-refractivity contribution in [2.24, 2.45) is 4.99 Å². The minimum Gasteiger partial charge on any atom is -0.504 e. The van der Waals surface area contributed by atoms with Gasteiger partial charge in [0.15, 0.2) is 16.7 Å². The number of thioether (sulfide) groups is 1. The summed E-state index contributed by atoms with van der Waals surface area (Å²) in [5.74, 6) is -0.945. The third-order valence-corrected chi connectivity index (χ3v) is 4.88. The summed E-state index contributed by atoms with van der Waals surface area (Å²) in [4.78, 5) is 29.8. The predicted octanol–water partition coefficient (Wildman–Crippen LogP) is 3.33. The summed E-state index contributed by atoms with van der Waals surface area (Å²) in [6.07, 6.45) is 1.65. The van der Waals surface area contributed by atoms with Crippen LogP contribution >= 0.6 is 11.8 Å². The maximum Gasteiger partial charge on any atom is 0.335 e. The third-order valence-electron chi connectivity index (χ3n) is 3.82. The Morgan fingerprint density at radius 1 is 1.26 bits per heavy atom. The highest BCUT2D eigenvalue weighted by atomic mass is 32.2. The van der Waals surface area contributed by atoms with Gasteiger partial charge in [0.2, 0.25) is 0 Å². The van der Waals surface area contributed by atoms with E-state index in [0.29, 0.717) is 27.1 Å². The van der Waals surface area contributed by atoms with Crippen molar-refractivity contribution in [2.45, 2.75) is 0 Å². The zero-order valence-corrected chi connectivity index (χ0v) is 15.4. The Bertz CT molecular complexity index is 984. The highest BCUT2D eigenvalue weighted by Crippen LogP contribution is 2.34. The summed E-state index contributed by atoms with van der Waals surface area (Å²) >= 11 is 1.17. The zero-order chi connectivity index (χ0) is 19.6. The first kappa shape index (κ1) is 18.5. The molecule has 2 N–H and O–H groups in total. The van der Waals surface area contributed by atoms with Gasteiger partial charge in [0, 0.05) is 7.05 Å². The number of aromatic carboxylic acids is 1. The molecule has 1 saturated heterocycles. The number of carbonyl (C=O) groups is 2. The fourth-order valence-corrected chi connectivity index (χ4v) is 3.41. The van der Waals surface area contributed by atoms with Crippen molar-refractivity contribution in [3.05, 3.63) is 58.5 Å². The van der Waals surface area contributed by atoms with E-state index in [1.54, 1.807) is 37.4 Å². The number of phenolic OH excluding ortho intramolecular Hbond substituents is 1. The van der Waals surface area contributed by atoms with Crippen LogP contribution in [0.2, 0.25) is 0 Å². The lowest BCUT2D eigenvalue weighted by Gasteiger charge is -2.07. The number of nitrogens with zero attached hydrogens (tertiary/aromatic N) is 2. The van der Waals surface area contributed by atoms with Crippen molar-refractivity contribution in [3.63, 3.8) is 0 Å². The number of benzene rings is 2. The smallest absolute Gasteiger partial charge is 0.335 e. The van der Waals surface area contributed by atoms with E-state index < -0.39 is 5.97 Å². The van der Waals surface area contributed by atoms with Gasteiger partial charge in [0.05, 0.1) is 23.3 Å². The molecule has 7 nitrogen and oxygen atoms in total. The maximum atomic E-state index is 12.5. The zero-order valence-electron chi connectivity index (χ0n) is 14.5. The first-order chi connectivity index (χ1) is 12.9. The number of aromatic hydroxyl groups is 1. The maximum absolute atomic E-state index is 12.5. The SMILES string of the molecule is COc1ccc(C=C2SC(=Nc3cccc(C(=O)O)c3)N(C)C2=O)cc1O. The second-order valence-corrected chi connectivity index (χ2v) is 6.67. The molecule has 0 aliphatic carbocycles. The van der Waals surface area contributed by atoms with E-state index in [9.17, 15) is 14.7 Å². The lowest BCUT2D eigenvalue weighted by Crippen LogP contribution is -2.23. The molecule has 1 aliphatic rings. The lowest BCUT2D eigenvalue weighted by molar-refractivity contribution is -0.121. The molecule has 0 aromatic heterocycles. The van der Waals surface area contributed by atoms with Crippen molar-refractivity contribution >= 4 is 40.6 Å². The summed E-state index contributed by atoms with van der Waals surface area (Å²) in [5.41, 5.74) is 1.21. The quantitative estimate of drug-likeness (QED) is 0.785. The molecular weight excluding hydrogens is 368 g/mol. The number of carbonyl (C=O) groups excluding carboxylic acids is 1. The fraction of sp³-hybridized carbons (Fsp3) is 0.105. The number of methoxy groups -OCH3 is 1. The lowest BCUT2D eigenvalue weighted by atomic mass is 10.2. The highest BCUT2D eigenvalue weighted by Gasteiger charge is 2.30. The van der Waals surface area contributed by atoms with Crippen molar-refractivity contribution < 1.29 is 24.5 Å². The number of phenols is 1. The summed E-state index contributed by atoms with van der Waals surface area (Å²) in [7, 11) is 3.06. The van der Waals surface area contributed by atoms with Gasteiger partial charge in [0.1, 0.15) is 0 Å². The van der Waals surface area contributed by atoms with Gasteiger partial charge in [-0.25, -0.2) is 9.79 Å². The molecule has 1 amide bonds. The Labute approximate surface area is 159 Å². The number of amides is 1. The van der Waals surface area contributed by atoms with Gasteiger partial charge >= 0.3 is 5.97 Å². The van der Waals surface area contributed by atoms with Crippen LogP contribution in [-0.4, -0.2) is 46.3 Å². The van der Waals surface area contributed by atoms with Gasteiger partial charge in [-0.05, 0) is 53.7 Å². The van der Waals surface area contributed by atoms with E-state index in [-0.39, 0.29) is 17.2 Å². The van der Waals surface area contributed by atoms with Crippen LogP contribution in [0.15, 0.2) is 52.4 Å². The Hall–Kier alpha value is -3.26. The van der Waals surface area contributed by atoms with Crippen molar-refractivity contribution in [1.82, 2.24) is 4.90 Å². The first-order valence-electron chi connectivity index (χ1n) is 7.85. The summed E-state index contributed by atoms with van der Waals surface area (Å²) in [6.45, 7) is 0. The number of likely N-dealkylation sites (N-methyl/N-ethyl adjacent to an activating group) is 1. The molecule has 3 rings (SSSR count). The van der Waals surface area contributed by atoms with Gasteiger partial charge in [0.25, 0.3) is 5.91 Å². The van der Waals surface area contributed by atoms with Crippen molar-refractivity contribution in [2.75, 3.05) is 14.2 Å². The molecule has 138 valence electrons. The Kier molecular flexibility index (Phi) is 5.18.